The summed E-state index contributed by atoms with van der Waals surface area (Å²) in [6.45, 7) is 0. The van der Waals surface area contributed by atoms with Crippen molar-refractivity contribution in [2.24, 2.45) is 0 Å². The molecule has 0 aromatic heterocycles. The summed E-state index contributed by atoms with van der Waals surface area (Å²) in [5, 5.41) is 0. The van der Waals surface area contributed by atoms with Crippen molar-refractivity contribution in [2.75, 3.05) is 0 Å². The van der Waals surface area contributed by atoms with Gasteiger partial charge in [0.15, 0.2) is 0 Å². The molecule has 0 N–H and O–H groups in total. The van der Waals surface area contributed by atoms with E-state index >= 15 is 0 Å². The Hall–Kier alpha value is -0.222. The molecule has 1 aromatic rings. The molecule has 0 amide bonds. The Kier molecular flexibility index (Phi) is 3.11. The maximum atomic E-state index is 2.28. The summed E-state index contributed by atoms with van der Waals surface area (Å²) in [5.41, 5.74) is 1.56. The predicted octanol–water partition coefficient (Wildman–Crippen LogP) is 2.77. The molecule has 1 heteroatoms. The fourth-order valence-corrected chi connectivity index (χ4v) is 2.99. The molecule has 2 rings (SSSR count). The first kappa shape index (κ1) is 9.34. The molecular formula is C12H17As. The molecule has 1 aliphatic rings. The van der Waals surface area contributed by atoms with Gasteiger partial charge in [-0.2, -0.15) is 0 Å². The van der Waals surface area contributed by atoms with Crippen LogP contribution in [0.5, 0.6) is 0 Å². The van der Waals surface area contributed by atoms with Crippen molar-refractivity contribution in [3.05, 3.63) is 35.9 Å². The van der Waals surface area contributed by atoms with Crippen LogP contribution in [0.2, 0.25) is 4.71 Å². The van der Waals surface area contributed by atoms with Crippen molar-refractivity contribution in [1.29, 1.82) is 0 Å². The Morgan fingerprint density at radius 2 is 1.54 bits per heavy atom. The van der Waals surface area contributed by atoms with Gasteiger partial charge < -0.3 is 0 Å². The molecule has 13 heavy (non-hydrogen) atoms. The van der Waals surface area contributed by atoms with Gasteiger partial charge in [0.2, 0.25) is 0 Å². The molecule has 1 fully saturated rings. The molecule has 1 unspecified atom stereocenters. The Labute approximate surface area is 89.2 Å². The maximum absolute atomic E-state index is 2.28. The van der Waals surface area contributed by atoms with E-state index in [-0.39, 0.29) is 0 Å². The summed E-state index contributed by atoms with van der Waals surface area (Å²) < 4.78 is 1.02. The fourth-order valence-electron chi connectivity index (χ4n) is 2.18. The molecule has 0 spiro atoms. The first-order chi connectivity index (χ1) is 6.36. The van der Waals surface area contributed by atoms with Crippen molar-refractivity contribution < 1.29 is 0 Å². The number of benzene rings is 1. The zero-order valence-electron chi connectivity index (χ0n) is 7.95. The van der Waals surface area contributed by atoms with E-state index in [0.717, 1.165) is 10.6 Å². The normalized spacial score (nSPS) is 28.7. The monoisotopic (exact) mass is 236 g/mol. The zero-order chi connectivity index (χ0) is 9.10. The fraction of sp³-hybridized carbons (Fsp3) is 0.500. The molecule has 70 valence electrons. The van der Waals surface area contributed by atoms with Crippen molar-refractivity contribution >= 4 is 16.9 Å². The average molecular weight is 236 g/mol. The summed E-state index contributed by atoms with van der Waals surface area (Å²) >= 11 is 1.94. The molecule has 1 aliphatic carbocycles. The minimum absolute atomic E-state index is 0.855. The molecule has 1 atom stereocenters. The Morgan fingerprint density at radius 3 is 2.15 bits per heavy atom. The SMILES string of the molecule is [AsH2]C1CCC(c2ccccc2)CC1. The predicted molar refractivity (Wildman–Crippen MR) is 59.9 cm³/mol. The topological polar surface area (TPSA) is 0 Å². The number of rotatable bonds is 1. The first-order valence-electron chi connectivity index (χ1n) is 5.17. The van der Waals surface area contributed by atoms with Crippen LogP contribution in [0.3, 0.4) is 0 Å². The van der Waals surface area contributed by atoms with Crippen LogP contribution < -0.4 is 0 Å². The molecule has 1 aromatic carbocycles. The molecular weight excluding hydrogens is 219 g/mol. The van der Waals surface area contributed by atoms with Crippen LogP contribution in [0, 0.1) is 0 Å². The van der Waals surface area contributed by atoms with E-state index in [2.05, 4.69) is 30.3 Å². The third-order valence-electron chi connectivity index (χ3n) is 3.04. The summed E-state index contributed by atoms with van der Waals surface area (Å²) in [5.74, 6) is 0.855. The summed E-state index contributed by atoms with van der Waals surface area (Å²) in [6, 6.07) is 11.0. The van der Waals surface area contributed by atoms with Gasteiger partial charge in [-0.25, -0.2) is 0 Å². The third kappa shape index (κ3) is 2.37. The van der Waals surface area contributed by atoms with Crippen molar-refractivity contribution in [3.8, 4) is 0 Å². The van der Waals surface area contributed by atoms with Gasteiger partial charge in [-0.15, -0.1) is 0 Å². The van der Waals surface area contributed by atoms with E-state index in [1.807, 2.05) is 16.9 Å². The zero-order valence-corrected chi connectivity index (χ0v) is 10.4. The summed E-state index contributed by atoms with van der Waals surface area (Å²) in [6.07, 6.45) is 5.71. The van der Waals surface area contributed by atoms with Crippen LogP contribution in [0.4, 0.5) is 0 Å². The van der Waals surface area contributed by atoms with E-state index in [4.69, 9.17) is 0 Å². The minimum atomic E-state index is 0.855. The van der Waals surface area contributed by atoms with Gasteiger partial charge in [-0.05, 0) is 0 Å². The van der Waals surface area contributed by atoms with Crippen LogP contribution >= 0.6 is 0 Å². The van der Waals surface area contributed by atoms with E-state index < -0.39 is 0 Å². The van der Waals surface area contributed by atoms with Crippen molar-refractivity contribution in [3.63, 3.8) is 0 Å². The number of hydrogen-bond acceptors (Lipinski definition) is 0. The van der Waals surface area contributed by atoms with Crippen LogP contribution in [0.15, 0.2) is 30.3 Å². The Bertz CT molecular complexity index is 247. The molecule has 0 bridgehead atoms. The van der Waals surface area contributed by atoms with E-state index in [9.17, 15) is 0 Å². The quantitative estimate of drug-likeness (QED) is 0.658. The van der Waals surface area contributed by atoms with Gasteiger partial charge in [-0.1, -0.05) is 0 Å². The molecule has 0 saturated heterocycles. The van der Waals surface area contributed by atoms with Crippen molar-refractivity contribution in [1.82, 2.24) is 0 Å². The first-order valence-corrected chi connectivity index (χ1v) is 6.56. The second-order valence-electron chi connectivity index (χ2n) is 4.02. The van der Waals surface area contributed by atoms with Crippen LogP contribution in [0.1, 0.15) is 37.2 Å². The molecule has 0 aliphatic heterocycles. The van der Waals surface area contributed by atoms with Gasteiger partial charge in [0.1, 0.15) is 0 Å². The second kappa shape index (κ2) is 4.33. The summed E-state index contributed by atoms with van der Waals surface area (Å²) in [4.78, 5) is 0. The molecule has 0 nitrogen and oxygen atoms in total. The summed E-state index contributed by atoms with van der Waals surface area (Å²) in [7, 11) is 0. The molecule has 0 radical (unpaired) electrons. The third-order valence-corrected chi connectivity index (χ3v) is 4.44. The van der Waals surface area contributed by atoms with Crippen LogP contribution in [-0.4, -0.2) is 16.9 Å². The molecule has 0 heterocycles. The van der Waals surface area contributed by atoms with Crippen LogP contribution in [-0.2, 0) is 0 Å². The van der Waals surface area contributed by atoms with Gasteiger partial charge in [0.05, 0.1) is 0 Å². The van der Waals surface area contributed by atoms with Gasteiger partial charge in [0.25, 0.3) is 0 Å². The second-order valence-corrected chi connectivity index (χ2v) is 6.00. The van der Waals surface area contributed by atoms with Crippen LogP contribution in [0.25, 0.3) is 0 Å². The van der Waals surface area contributed by atoms with Gasteiger partial charge >= 0.3 is 89.1 Å². The molecule has 1 saturated carbocycles. The van der Waals surface area contributed by atoms with E-state index in [1.165, 1.54) is 25.7 Å². The number of hydrogen-bond donors (Lipinski definition) is 0. The standard InChI is InChI=1S/C12H17As/c13-12-8-6-11(7-9-12)10-4-2-1-3-5-10/h1-5,11-12H,6-9,13H2. The van der Waals surface area contributed by atoms with E-state index in [1.54, 1.807) is 5.56 Å². The van der Waals surface area contributed by atoms with E-state index in [0.29, 0.717) is 0 Å². The van der Waals surface area contributed by atoms with Crippen molar-refractivity contribution in [2.45, 2.75) is 36.3 Å². The Morgan fingerprint density at radius 1 is 0.923 bits per heavy atom. The van der Waals surface area contributed by atoms with Gasteiger partial charge in [0, 0.05) is 0 Å². The van der Waals surface area contributed by atoms with Gasteiger partial charge in [-0.3, -0.25) is 0 Å². The average Bonchev–Trinajstić information content (AvgIpc) is 2.20. The Balaban J connectivity index is 2.03.